The fraction of sp³-hybridized carbons (Fsp3) is 0.500. The third-order valence-corrected chi connectivity index (χ3v) is 2.97. The Labute approximate surface area is 123 Å². The van der Waals surface area contributed by atoms with Crippen molar-refractivity contribution < 1.29 is 9.53 Å². The van der Waals surface area contributed by atoms with E-state index in [1.807, 2.05) is 7.05 Å². The minimum atomic E-state index is -0.327. The largest absolute Gasteiger partial charge is 0.383 e. The van der Waals surface area contributed by atoms with Gasteiger partial charge in [0, 0.05) is 26.7 Å². The molecule has 7 nitrogen and oxygen atoms in total. The molecule has 0 aliphatic carbocycles. The Kier molecular flexibility index (Phi) is 7.24. The Morgan fingerprint density at radius 2 is 2.25 bits per heavy atom. The molecule has 0 bridgehead atoms. The highest BCUT2D eigenvalue weighted by molar-refractivity contribution is 6.33. The first kappa shape index (κ1) is 16.6. The molecule has 1 aromatic heterocycles. The molecule has 0 atom stereocenters. The van der Waals surface area contributed by atoms with Gasteiger partial charge in [-0.05, 0) is 19.2 Å². The summed E-state index contributed by atoms with van der Waals surface area (Å²) in [5.41, 5.74) is 2.53. The van der Waals surface area contributed by atoms with Crippen molar-refractivity contribution in [3.63, 3.8) is 0 Å². The summed E-state index contributed by atoms with van der Waals surface area (Å²) in [5, 5.41) is 3.05. The molecule has 1 rings (SSSR count). The standard InChI is InChI=1S/C12H20ClN5O2/c1-18(7-8-20-2)6-5-15-12(19)11-9(13)3-4-10(16-11)17-14/h3-4H,5-8,14H2,1-2H3,(H,15,19)(H,16,17). The first-order valence-electron chi connectivity index (χ1n) is 6.17. The Morgan fingerprint density at radius 1 is 1.50 bits per heavy atom. The first-order chi connectivity index (χ1) is 9.58. The van der Waals surface area contributed by atoms with Crippen molar-refractivity contribution in [3.8, 4) is 0 Å². The summed E-state index contributed by atoms with van der Waals surface area (Å²) >= 11 is 5.94. The number of aromatic nitrogens is 1. The number of hydrogen-bond donors (Lipinski definition) is 3. The predicted octanol–water partition coefficient (Wildman–Crippen LogP) is 0.329. The van der Waals surface area contributed by atoms with Crippen LogP contribution in [0.3, 0.4) is 0 Å². The van der Waals surface area contributed by atoms with Crippen molar-refractivity contribution in [1.29, 1.82) is 0 Å². The van der Waals surface area contributed by atoms with E-state index >= 15 is 0 Å². The van der Waals surface area contributed by atoms with Crippen molar-refractivity contribution in [2.45, 2.75) is 0 Å². The number of rotatable bonds is 8. The number of methoxy groups -OCH3 is 1. The van der Waals surface area contributed by atoms with Crippen LogP contribution in [-0.2, 0) is 4.74 Å². The quantitative estimate of drug-likeness (QED) is 0.473. The van der Waals surface area contributed by atoms with E-state index in [0.717, 1.165) is 6.54 Å². The molecule has 0 saturated carbocycles. The number of ether oxygens (including phenoxy) is 1. The van der Waals surface area contributed by atoms with Crippen LogP contribution in [0.2, 0.25) is 5.02 Å². The van der Waals surface area contributed by atoms with Crippen LogP contribution >= 0.6 is 11.6 Å². The second-order valence-electron chi connectivity index (χ2n) is 4.22. The number of carbonyl (C=O) groups is 1. The molecule has 1 amide bonds. The van der Waals surface area contributed by atoms with E-state index in [1.165, 1.54) is 0 Å². The number of nitrogens with zero attached hydrogens (tertiary/aromatic N) is 2. The van der Waals surface area contributed by atoms with Crippen LogP contribution in [0.15, 0.2) is 12.1 Å². The second-order valence-corrected chi connectivity index (χ2v) is 4.63. The third-order valence-electron chi connectivity index (χ3n) is 2.67. The van der Waals surface area contributed by atoms with Crippen LogP contribution in [0.5, 0.6) is 0 Å². The number of halogens is 1. The first-order valence-corrected chi connectivity index (χ1v) is 6.55. The van der Waals surface area contributed by atoms with Crippen molar-refractivity contribution >= 4 is 23.3 Å². The maximum Gasteiger partial charge on any atom is 0.271 e. The average molecular weight is 302 g/mol. The molecule has 112 valence electrons. The summed E-state index contributed by atoms with van der Waals surface area (Å²) in [5.74, 6) is 5.31. The number of pyridine rings is 1. The fourth-order valence-corrected chi connectivity index (χ4v) is 1.68. The van der Waals surface area contributed by atoms with E-state index in [1.54, 1.807) is 19.2 Å². The van der Waals surface area contributed by atoms with Gasteiger partial charge in [0.25, 0.3) is 5.91 Å². The highest BCUT2D eigenvalue weighted by Gasteiger charge is 2.12. The van der Waals surface area contributed by atoms with Gasteiger partial charge in [0.1, 0.15) is 11.5 Å². The molecule has 0 aromatic carbocycles. The van der Waals surface area contributed by atoms with E-state index in [4.69, 9.17) is 22.2 Å². The van der Waals surface area contributed by atoms with Crippen LogP contribution in [0.4, 0.5) is 5.82 Å². The van der Waals surface area contributed by atoms with E-state index in [9.17, 15) is 4.79 Å². The summed E-state index contributed by atoms with van der Waals surface area (Å²) in [4.78, 5) is 18.0. The molecule has 0 aliphatic heterocycles. The molecule has 0 fully saturated rings. The van der Waals surface area contributed by atoms with Gasteiger partial charge in [-0.1, -0.05) is 11.6 Å². The molecule has 4 N–H and O–H groups in total. The molecule has 0 aliphatic rings. The van der Waals surface area contributed by atoms with Gasteiger partial charge in [0.15, 0.2) is 0 Å². The van der Waals surface area contributed by atoms with Gasteiger partial charge in [0.05, 0.1) is 11.6 Å². The number of likely N-dealkylation sites (N-methyl/N-ethyl adjacent to an activating group) is 1. The lowest BCUT2D eigenvalue weighted by molar-refractivity contribution is 0.0943. The van der Waals surface area contributed by atoms with Gasteiger partial charge >= 0.3 is 0 Å². The topological polar surface area (TPSA) is 92.5 Å². The lowest BCUT2D eigenvalue weighted by atomic mass is 10.3. The number of hydrogen-bond acceptors (Lipinski definition) is 6. The predicted molar refractivity (Wildman–Crippen MR) is 78.8 cm³/mol. The summed E-state index contributed by atoms with van der Waals surface area (Å²) in [6.45, 7) is 2.67. The molecule has 0 radical (unpaired) electrons. The van der Waals surface area contributed by atoms with Crippen LogP contribution in [0.1, 0.15) is 10.5 Å². The Bertz CT molecular complexity index is 444. The molecule has 0 spiro atoms. The van der Waals surface area contributed by atoms with Gasteiger partial charge in [0.2, 0.25) is 0 Å². The number of nitrogens with one attached hydrogen (secondary N) is 2. The zero-order chi connectivity index (χ0) is 15.0. The molecular weight excluding hydrogens is 282 g/mol. The molecule has 0 unspecified atom stereocenters. The number of anilines is 1. The second kappa shape index (κ2) is 8.70. The Morgan fingerprint density at radius 3 is 2.90 bits per heavy atom. The van der Waals surface area contributed by atoms with Gasteiger partial charge in [-0.2, -0.15) is 0 Å². The van der Waals surface area contributed by atoms with Crippen molar-refractivity contribution in [2.24, 2.45) is 5.84 Å². The van der Waals surface area contributed by atoms with Crippen molar-refractivity contribution in [1.82, 2.24) is 15.2 Å². The lowest BCUT2D eigenvalue weighted by Gasteiger charge is -2.16. The number of amides is 1. The third kappa shape index (κ3) is 5.30. The Hall–Kier alpha value is -1.41. The average Bonchev–Trinajstić information content (AvgIpc) is 2.45. The number of nitrogen functional groups attached to an aromatic ring is 1. The summed E-state index contributed by atoms with van der Waals surface area (Å²) < 4.78 is 4.98. The van der Waals surface area contributed by atoms with Gasteiger partial charge in [-0.15, -0.1) is 0 Å². The van der Waals surface area contributed by atoms with Crippen molar-refractivity contribution in [3.05, 3.63) is 22.8 Å². The summed E-state index contributed by atoms with van der Waals surface area (Å²) in [7, 11) is 3.61. The zero-order valence-corrected chi connectivity index (χ0v) is 12.4. The molecule has 8 heteroatoms. The van der Waals surface area contributed by atoms with Gasteiger partial charge < -0.3 is 20.4 Å². The normalized spacial score (nSPS) is 10.7. The zero-order valence-electron chi connectivity index (χ0n) is 11.6. The van der Waals surface area contributed by atoms with Crippen LogP contribution in [-0.4, -0.2) is 56.2 Å². The van der Waals surface area contributed by atoms with Crippen LogP contribution in [0, 0.1) is 0 Å². The van der Waals surface area contributed by atoms with E-state index in [-0.39, 0.29) is 16.6 Å². The molecule has 0 saturated heterocycles. The monoisotopic (exact) mass is 301 g/mol. The highest BCUT2D eigenvalue weighted by Crippen LogP contribution is 2.15. The van der Waals surface area contributed by atoms with E-state index in [2.05, 4.69) is 20.6 Å². The van der Waals surface area contributed by atoms with Gasteiger partial charge in [-0.3, -0.25) is 4.79 Å². The fourth-order valence-electron chi connectivity index (χ4n) is 1.48. The van der Waals surface area contributed by atoms with Crippen molar-refractivity contribution in [2.75, 3.05) is 45.8 Å². The summed E-state index contributed by atoms with van der Waals surface area (Å²) in [6, 6.07) is 3.17. The van der Waals surface area contributed by atoms with Crippen LogP contribution < -0.4 is 16.6 Å². The Balaban J connectivity index is 2.46. The molecule has 20 heavy (non-hydrogen) atoms. The maximum atomic E-state index is 12.0. The minimum absolute atomic E-state index is 0.154. The lowest BCUT2D eigenvalue weighted by Crippen LogP contribution is -2.34. The van der Waals surface area contributed by atoms with E-state index in [0.29, 0.717) is 25.5 Å². The number of hydrazine groups is 1. The smallest absolute Gasteiger partial charge is 0.271 e. The SMILES string of the molecule is COCCN(C)CCNC(=O)c1nc(NN)ccc1Cl. The minimum Gasteiger partial charge on any atom is -0.383 e. The van der Waals surface area contributed by atoms with Crippen LogP contribution in [0.25, 0.3) is 0 Å². The van der Waals surface area contributed by atoms with Gasteiger partial charge in [-0.25, -0.2) is 10.8 Å². The maximum absolute atomic E-state index is 12.0. The number of nitrogens with two attached hydrogens (primary N) is 1. The number of carbonyl (C=O) groups excluding carboxylic acids is 1. The molecule has 1 heterocycles. The summed E-state index contributed by atoms with van der Waals surface area (Å²) in [6.07, 6.45) is 0. The van der Waals surface area contributed by atoms with E-state index < -0.39 is 0 Å². The molecular formula is C12H20ClN5O2. The highest BCUT2D eigenvalue weighted by atomic mass is 35.5. The molecule has 1 aromatic rings.